The Balaban J connectivity index is 1.30. The summed E-state index contributed by atoms with van der Waals surface area (Å²) in [5, 5.41) is 8.20. The van der Waals surface area contributed by atoms with Crippen LogP contribution in [-0.2, 0) is 5.41 Å². The van der Waals surface area contributed by atoms with Crippen LogP contribution in [0.1, 0.15) is 69.8 Å². The van der Waals surface area contributed by atoms with E-state index in [-0.39, 0.29) is 5.41 Å². The van der Waals surface area contributed by atoms with Gasteiger partial charge in [-0.3, -0.25) is 0 Å². The van der Waals surface area contributed by atoms with Crippen LogP contribution in [0.15, 0.2) is 30.3 Å². The molecule has 5 rings (SSSR count). The van der Waals surface area contributed by atoms with Gasteiger partial charge < -0.3 is 20.4 Å². The number of nitrogens with one attached hydrogen (secondary N) is 2. The van der Waals surface area contributed by atoms with Crippen molar-refractivity contribution in [2.75, 3.05) is 47.8 Å². The van der Waals surface area contributed by atoms with Crippen molar-refractivity contribution in [1.29, 1.82) is 0 Å². The van der Waals surface area contributed by atoms with Gasteiger partial charge >= 0.3 is 0 Å². The van der Waals surface area contributed by atoms with Crippen molar-refractivity contribution in [3.8, 4) is 0 Å². The van der Waals surface area contributed by atoms with Crippen molar-refractivity contribution in [3.63, 3.8) is 0 Å². The zero-order valence-electron chi connectivity index (χ0n) is 20.6. The SMILES string of the molecule is S=C(NCC1(c2ccc(Cl)cc2)CCCC1)Nc1nc(N2CCCCC2)cc(N2CCCCC2)n1. The summed E-state index contributed by atoms with van der Waals surface area (Å²) in [6, 6.07) is 10.5. The highest BCUT2D eigenvalue weighted by atomic mass is 35.5. The molecule has 0 spiro atoms. The van der Waals surface area contributed by atoms with Gasteiger partial charge in [0.25, 0.3) is 0 Å². The molecule has 1 aliphatic carbocycles. The van der Waals surface area contributed by atoms with Gasteiger partial charge in [-0.2, -0.15) is 9.97 Å². The molecule has 35 heavy (non-hydrogen) atoms. The molecule has 3 aliphatic rings. The van der Waals surface area contributed by atoms with E-state index >= 15 is 0 Å². The number of rotatable bonds is 6. The molecule has 0 unspecified atom stereocenters. The number of hydrogen-bond acceptors (Lipinski definition) is 5. The molecular weight excluding hydrogens is 476 g/mol. The van der Waals surface area contributed by atoms with Crippen molar-refractivity contribution >= 4 is 46.5 Å². The Hall–Kier alpha value is -2.12. The van der Waals surface area contributed by atoms with E-state index in [0.29, 0.717) is 11.1 Å². The van der Waals surface area contributed by atoms with E-state index in [2.05, 4.69) is 38.6 Å². The van der Waals surface area contributed by atoms with Crippen LogP contribution < -0.4 is 20.4 Å². The van der Waals surface area contributed by atoms with Crippen LogP contribution in [0.5, 0.6) is 0 Å². The van der Waals surface area contributed by atoms with Gasteiger partial charge in [0, 0.05) is 49.2 Å². The van der Waals surface area contributed by atoms with Crippen LogP contribution in [0.25, 0.3) is 0 Å². The molecule has 6 nitrogen and oxygen atoms in total. The molecule has 2 saturated heterocycles. The molecule has 0 radical (unpaired) electrons. The molecule has 0 amide bonds. The highest BCUT2D eigenvalue weighted by molar-refractivity contribution is 7.80. The van der Waals surface area contributed by atoms with Gasteiger partial charge in [0.05, 0.1) is 0 Å². The van der Waals surface area contributed by atoms with E-state index in [1.807, 2.05) is 12.1 Å². The molecule has 3 heterocycles. The Morgan fingerprint density at radius 1 is 0.829 bits per heavy atom. The van der Waals surface area contributed by atoms with E-state index in [9.17, 15) is 0 Å². The third-order valence-corrected chi connectivity index (χ3v) is 8.39. The Bertz CT molecular complexity index is 959. The standard InChI is InChI=1S/C27H37ClN6S/c28-22-11-9-21(10-12-22)27(13-3-4-14-27)20-29-26(35)32-25-30-23(33-15-5-1-6-16-33)19-24(31-25)34-17-7-2-8-18-34/h9-12,19H,1-8,13-18,20H2,(H2,29,30,31,32,35). The smallest absolute Gasteiger partial charge is 0.232 e. The van der Waals surface area contributed by atoms with Crippen LogP contribution in [0.4, 0.5) is 17.6 Å². The maximum atomic E-state index is 6.15. The van der Waals surface area contributed by atoms with Gasteiger partial charge in [0.1, 0.15) is 11.6 Å². The lowest BCUT2D eigenvalue weighted by Crippen LogP contribution is -2.41. The predicted molar refractivity (Wildman–Crippen MR) is 150 cm³/mol. The summed E-state index contributed by atoms with van der Waals surface area (Å²) in [5.74, 6) is 2.62. The highest BCUT2D eigenvalue weighted by Crippen LogP contribution is 2.41. The first-order valence-electron chi connectivity index (χ1n) is 13.3. The predicted octanol–water partition coefficient (Wildman–Crippen LogP) is 5.91. The fourth-order valence-corrected chi connectivity index (χ4v) is 6.16. The molecule has 1 aromatic carbocycles. The van der Waals surface area contributed by atoms with Gasteiger partial charge in [0.15, 0.2) is 5.11 Å². The number of piperidine rings is 2. The van der Waals surface area contributed by atoms with Gasteiger partial charge in [0.2, 0.25) is 5.95 Å². The van der Waals surface area contributed by atoms with E-state index in [1.54, 1.807) is 0 Å². The second-order valence-electron chi connectivity index (χ2n) is 10.3. The number of aromatic nitrogens is 2. The second-order valence-corrected chi connectivity index (χ2v) is 11.2. The largest absolute Gasteiger partial charge is 0.361 e. The number of thiocarbonyl (C=S) groups is 1. The van der Waals surface area contributed by atoms with E-state index in [4.69, 9.17) is 33.8 Å². The lowest BCUT2D eigenvalue weighted by molar-refractivity contribution is 0.435. The fourth-order valence-electron chi connectivity index (χ4n) is 5.87. The summed E-state index contributed by atoms with van der Waals surface area (Å²) in [6.45, 7) is 5.03. The van der Waals surface area contributed by atoms with Crippen LogP contribution in [0, 0.1) is 0 Å². The molecule has 3 fully saturated rings. The normalized spacial score (nSPS) is 20.0. The Kier molecular flexibility index (Phi) is 7.93. The van der Waals surface area contributed by atoms with Crippen molar-refractivity contribution in [2.24, 2.45) is 0 Å². The van der Waals surface area contributed by atoms with Crippen LogP contribution >= 0.6 is 23.8 Å². The minimum atomic E-state index is 0.0891. The maximum absolute atomic E-state index is 6.15. The van der Waals surface area contributed by atoms with Crippen LogP contribution in [0.3, 0.4) is 0 Å². The van der Waals surface area contributed by atoms with E-state index < -0.39 is 0 Å². The number of nitrogens with zero attached hydrogens (tertiary/aromatic N) is 4. The molecule has 8 heteroatoms. The van der Waals surface area contributed by atoms with Crippen LogP contribution in [0.2, 0.25) is 5.02 Å². The molecule has 2 aromatic rings. The molecular formula is C27H37ClN6S. The number of halogens is 1. The first-order valence-corrected chi connectivity index (χ1v) is 14.1. The van der Waals surface area contributed by atoms with E-state index in [0.717, 1.165) is 62.2 Å². The summed E-state index contributed by atoms with van der Waals surface area (Å²) in [6.07, 6.45) is 12.3. The van der Waals surface area contributed by atoms with Crippen molar-refractivity contribution in [1.82, 2.24) is 15.3 Å². The molecule has 2 aliphatic heterocycles. The number of benzene rings is 1. The van der Waals surface area contributed by atoms with Crippen LogP contribution in [-0.4, -0.2) is 47.8 Å². The topological polar surface area (TPSA) is 56.3 Å². The summed E-state index contributed by atoms with van der Waals surface area (Å²) >= 11 is 11.9. The third kappa shape index (κ3) is 6.00. The van der Waals surface area contributed by atoms with Crippen molar-refractivity contribution in [2.45, 2.75) is 69.6 Å². The van der Waals surface area contributed by atoms with Gasteiger partial charge in [-0.05, 0) is 81.3 Å². The lowest BCUT2D eigenvalue weighted by Gasteiger charge is -2.32. The zero-order valence-corrected chi connectivity index (χ0v) is 22.1. The third-order valence-electron chi connectivity index (χ3n) is 7.89. The average Bonchev–Trinajstić information content (AvgIpc) is 3.39. The van der Waals surface area contributed by atoms with E-state index in [1.165, 1.54) is 56.9 Å². The molecule has 1 saturated carbocycles. The molecule has 0 atom stereocenters. The average molecular weight is 513 g/mol. The number of anilines is 3. The maximum Gasteiger partial charge on any atom is 0.232 e. The molecule has 1 aromatic heterocycles. The first kappa shape index (κ1) is 24.6. The Labute approximate surface area is 219 Å². The highest BCUT2D eigenvalue weighted by Gasteiger charge is 2.35. The first-order chi connectivity index (χ1) is 17.1. The summed E-state index contributed by atoms with van der Waals surface area (Å²) in [5.41, 5.74) is 1.43. The Morgan fingerprint density at radius 2 is 1.37 bits per heavy atom. The second kappa shape index (κ2) is 11.3. The lowest BCUT2D eigenvalue weighted by atomic mass is 9.79. The van der Waals surface area contributed by atoms with Gasteiger partial charge in [-0.25, -0.2) is 0 Å². The van der Waals surface area contributed by atoms with Gasteiger partial charge in [-0.15, -0.1) is 0 Å². The zero-order chi connectivity index (χ0) is 24.1. The minimum Gasteiger partial charge on any atom is -0.361 e. The quantitative estimate of drug-likeness (QED) is 0.466. The Morgan fingerprint density at radius 3 is 1.91 bits per heavy atom. The summed E-state index contributed by atoms with van der Waals surface area (Å²) < 4.78 is 0. The minimum absolute atomic E-state index is 0.0891. The monoisotopic (exact) mass is 512 g/mol. The van der Waals surface area contributed by atoms with Crippen molar-refractivity contribution < 1.29 is 0 Å². The molecule has 188 valence electrons. The summed E-state index contributed by atoms with van der Waals surface area (Å²) in [4.78, 5) is 14.6. The molecule has 0 bridgehead atoms. The van der Waals surface area contributed by atoms with Gasteiger partial charge in [-0.1, -0.05) is 36.6 Å². The fraction of sp³-hybridized carbons (Fsp3) is 0.593. The summed E-state index contributed by atoms with van der Waals surface area (Å²) in [7, 11) is 0. The number of hydrogen-bond donors (Lipinski definition) is 2. The molecule has 2 N–H and O–H groups in total. The van der Waals surface area contributed by atoms with Crippen molar-refractivity contribution in [3.05, 3.63) is 40.9 Å².